The van der Waals surface area contributed by atoms with Gasteiger partial charge in [-0.2, -0.15) is 4.89 Å². The molecule has 115 valence electrons. The second kappa shape index (κ2) is 8.97. The molecule has 2 aromatic rings. The summed E-state index contributed by atoms with van der Waals surface area (Å²) in [5, 5.41) is 0. The Balaban J connectivity index is 1.81. The molecule has 0 aliphatic heterocycles. The Morgan fingerprint density at radius 2 is 1.68 bits per heavy atom. The maximum Gasteiger partial charge on any atom is 0.373 e. The van der Waals surface area contributed by atoms with E-state index in [4.69, 9.17) is 9.62 Å². The molecule has 0 aromatic heterocycles. The average Bonchev–Trinajstić information content (AvgIpc) is 2.59. The van der Waals surface area contributed by atoms with Crippen molar-refractivity contribution < 1.29 is 19.3 Å². The van der Waals surface area contributed by atoms with E-state index < -0.39 is 5.97 Å². The number of rotatable bonds is 8. The lowest BCUT2D eigenvalue weighted by atomic mass is 10.0. The maximum absolute atomic E-state index is 11.8. The van der Waals surface area contributed by atoms with Crippen LogP contribution in [0.25, 0.3) is 11.1 Å². The minimum absolute atomic E-state index is 0.286. The third kappa shape index (κ3) is 4.98. The van der Waals surface area contributed by atoms with E-state index in [9.17, 15) is 4.79 Å². The van der Waals surface area contributed by atoms with Crippen LogP contribution in [0.1, 0.15) is 23.7 Å². The fourth-order valence-corrected chi connectivity index (χ4v) is 1.86. The Morgan fingerprint density at radius 3 is 2.36 bits per heavy atom. The molecule has 0 bridgehead atoms. The number of carbonyl (C=O) groups excluding carboxylic acids is 1. The Hall–Kier alpha value is -2.17. The highest BCUT2D eigenvalue weighted by Gasteiger charge is 2.08. The standard InChI is InChI=1S/C18H19O4/c1-2-12-20-13-14-21-22-18(19)17-10-8-16(9-11-17)15-6-4-3-5-7-15/h3-11,14H,2,12-13H2,1H3. The maximum atomic E-state index is 11.8. The van der Waals surface area contributed by atoms with Crippen molar-refractivity contribution in [3.05, 3.63) is 66.8 Å². The van der Waals surface area contributed by atoms with E-state index in [0.29, 0.717) is 12.2 Å². The predicted molar refractivity (Wildman–Crippen MR) is 83.8 cm³/mol. The van der Waals surface area contributed by atoms with Crippen LogP contribution in [0.5, 0.6) is 0 Å². The van der Waals surface area contributed by atoms with E-state index in [1.165, 1.54) is 6.61 Å². The number of ether oxygens (including phenoxy) is 1. The molecule has 2 aromatic carbocycles. The van der Waals surface area contributed by atoms with Crippen LogP contribution in [0.15, 0.2) is 54.6 Å². The van der Waals surface area contributed by atoms with E-state index in [1.807, 2.05) is 49.4 Å². The Morgan fingerprint density at radius 1 is 1.00 bits per heavy atom. The van der Waals surface area contributed by atoms with E-state index in [1.54, 1.807) is 12.1 Å². The van der Waals surface area contributed by atoms with E-state index in [2.05, 4.69) is 4.89 Å². The lowest BCUT2D eigenvalue weighted by Crippen LogP contribution is -2.07. The van der Waals surface area contributed by atoms with Crippen LogP contribution in [0.2, 0.25) is 0 Å². The van der Waals surface area contributed by atoms with Gasteiger partial charge in [0, 0.05) is 6.61 Å². The summed E-state index contributed by atoms with van der Waals surface area (Å²) in [5.41, 5.74) is 2.57. The van der Waals surface area contributed by atoms with Gasteiger partial charge in [-0.05, 0) is 29.7 Å². The van der Waals surface area contributed by atoms with Gasteiger partial charge in [0.05, 0.1) is 12.2 Å². The van der Waals surface area contributed by atoms with Gasteiger partial charge in [-0.25, -0.2) is 4.79 Å². The molecule has 0 unspecified atom stereocenters. The molecular formula is C18H19O4. The summed E-state index contributed by atoms with van der Waals surface area (Å²) < 4.78 is 5.16. The first-order valence-electron chi connectivity index (χ1n) is 7.24. The molecule has 4 nitrogen and oxygen atoms in total. The van der Waals surface area contributed by atoms with Crippen LogP contribution in [0.3, 0.4) is 0 Å². The van der Waals surface area contributed by atoms with Gasteiger partial charge in [-0.3, -0.25) is 4.89 Å². The van der Waals surface area contributed by atoms with Gasteiger partial charge in [0.2, 0.25) is 0 Å². The SMILES string of the molecule is CCCOC[CH]OOC(=O)c1ccc(-c2ccccc2)cc1. The fraction of sp³-hybridized carbons (Fsp3) is 0.222. The van der Waals surface area contributed by atoms with Crippen LogP contribution in [-0.2, 0) is 14.5 Å². The van der Waals surface area contributed by atoms with Gasteiger partial charge in [0.1, 0.15) is 0 Å². The van der Waals surface area contributed by atoms with E-state index in [-0.39, 0.29) is 6.61 Å². The van der Waals surface area contributed by atoms with Crippen molar-refractivity contribution in [3.8, 4) is 11.1 Å². The van der Waals surface area contributed by atoms with Gasteiger partial charge in [-0.1, -0.05) is 49.4 Å². The first-order valence-corrected chi connectivity index (χ1v) is 7.24. The fourth-order valence-electron chi connectivity index (χ4n) is 1.86. The van der Waals surface area contributed by atoms with Crippen LogP contribution in [-0.4, -0.2) is 19.2 Å². The average molecular weight is 299 g/mol. The molecule has 1 radical (unpaired) electrons. The lowest BCUT2D eigenvalue weighted by Gasteiger charge is -2.05. The highest BCUT2D eigenvalue weighted by molar-refractivity contribution is 5.89. The summed E-state index contributed by atoms with van der Waals surface area (Å²) in [6.07, 6.45) is 0.932. The van der Waals surface area contributed by atoms with Crippen LogP contribution in [0, 0.1) is 6.61 Å². The number of hydrogen-bond donors (Lipinski definition) is 0. The molecule has 0 heterocycles. The number of hydrogen-bond acceptors (Lipinski definition) is 4. The second-order valence-corrected chi connectivity index (χ2v) is 4.65. The Bertz CT molecular complexity index is 563. The van der Waals surface area contributed by atoms with Crippen LogP contribution >= 0.6 is 0 Å². The lowest BCUT2D eigenvalue weighted by molar-refractivity contribution is -0.218. The highest BCUT2D eigenvalue weighted by Crippen LogP contribution is 2.19. The molecule has 4 heteroatoms. The van der Waals surface area contributed by atoms with E-state index in [0.717, 1.165) is 17.5 Å². The molecular weight excluding hydrogens is 280 g/mol. The number of carbonyl (C=O) groups is 1. The molecule has 0 aliphatic rings. The topological polar surface area (TPSA) is 44.8 Å². The molecule has 0 aliphatic carbocycles. The molecule has 0 saturated carbocycles. The third-order valence-electron chi connectivity index (χ3n) is 2.95. The van der Waals surface area contributed by atoms with Crippen molar-refractivity contribution in [2.24, 2.45) is 0 Å². The van der Waals surface area contributed by atoms with Crippen molar-refractivity contribution in [2.75, 3.05) is 13.2 Å². The zero-order valence-corrected chi connectivity index (χ0v) is 12.5. The monoisotopic (exact) mass is 299 g/mol. The third-order valence-corrected chi connectivity index (χ3v) is 2.95. The normalized spacial score (nSPS) is 10.4. The Kier molecular flexibility index (Phi) is 6.61. The van der Waals surface area contributed by atoms with Gasteiger partial charge in [-0.15, -0.1) is 0 Å². The van der Waals surface area contributed by atoms with Crippen molar-refractivity contribution in [2.45, 2.75) is 13.3 Å². The summed E-state index contributed by atoms with van der Waals surface area (Å²) in [6.45, 7) is 4.26. The largest absolute Gasteiger partial charge is 0.378 e. The van der Waals surface area contributed by atoms with Crippen molar-refractivity contribution in [1.29, 1.82) is 0 Å². The van der Waals surface area contributed by atoms with Crippen LogP contribution < -0.4 is 0 Å². The smallest absolute Gasteiger partial charge is 0.373 e. The van der Waals surface area contributed by atoms with Crippen molar-refractivity contribution >= 4 is 5.97 Å². The van der Waals surface area contributed by atoms with E-state index >= 15 is 0 Å². The molecule has 0 amide bonds. The highest BCUT2D eigenvalue weighted by atomic mass is 17.2. The Labute approximate surface area is 130 Å². The quantitative estimate of drug-likeness (QED) is 0.419. The zero-order chi connectivity index (χ0) is 15.6. The minimum atomic E-state index is -0.536. The van der Waals surface area contributed by atoms with Gasteiger partial charge in [0.25, 0.3) is 0 Å². The first-order chi connectivity index (χ1) is 10.8. The summed E-state index contributed by atoms with van der Waals surface area (Å²) in [7, 11) is 0. The minimum Gasteiger partial charge on any atom is -0.378 e. The molecule has 0 saturated heterocycles. The van der Waals surface area contributed by atoms with Crippen molar-refractivity contribution in [3.63, 3.8) is 0 Å². The van der Waals surface area contributed by atoms with Crippen molar-refractivity contribution in [1.82, 2.24) is 0 Å². The molecule has 0 atom stereocenters. The molecule has 0 fully saturated rings. The summed E-state index contributed by atoms with van der Waals surface area (Å²) in [4.78, 5) is 21.2. The summed E-state index contributed by atoms with van der Waals surface area (Å²) >= 11 is 0. The molecule has 0 spiro atoms. The molecule has 2 rings (SSSR count). The predicted octanol–water partition coefficient (Wildman–Crippen LogP) is 4.03. The zero-order valence-electron chi connectivity index (χ0n) is 12.5. The van der Waals surface area contributed by atoms with Gasteiger partial charge in [0.15, 0.2) is 6.61 Å². The summed E-state index contributed by atoms with van der Waals surface area (Å²) in [5.74, 6) is -0.536. The van der Waals surface area contributed by atoms with Gasteiger partial charge < -0.3 is 4.74 Å². The molecule has 22 heavy (non-hydrogen) atoms. The summed E-state index contributed by atoms with van der Waals surface area (Å²) in [6, 6.07) is 17.1. The first kappa shape index (κ1) is 16.2. The number of benzene rings is 2. The second-order valence-electron chi connectivity index (χ2n) is 4.65. The molecule has 0 N–H and O–H groups in total. The van der Waals surface area contributed by atoms with Crippen LogP contribution in [0.4, 0.5) is 0 Å². The van der Waals surface area contributed by atoms with Gasteiger partial charge >= 0.3 is 5.97 Å².